The molecule has 0 aliphatic carbocycles. The van der Waals surface area contributed by atoms with Gasteiger partial charge in [0, 0.05) is 12.6 Å². The fraction of sp³-hybridized carbons (Fsp3) is 0.308. The van der Waals surface area contributed by atoms with Crippen LogP contribution in [0.3, 0.4) is 0 Å². The van der Waals surface area contributed by atoms with E-state index < -0.39 is 5.60 Å². The van der Waals surface area contributed by atoms with E-state index in [1.54, 1.807) is 26.0 Å². The van der Waals surface area contributed by atoms with Crippen molar-refractivity contribution in [3.63, 3.8) is 0 Å². The van der Waals surface area contributed by atoms with E-state index in [0.29, 0.717) is 5.56 Å². The van der Waals surface area contributed by atoms with Crippen molar-refractivity contribution >= 4 is 12.0 Å². The lowest BCUT2D eigenvalue weighted by Crippen LogP contribution is -2.37. The molecule has 17 heavy (non-hydrogen) atoms. The zero-order valence-corrected chi connectivity index (χ0v) is 9.90. The molecular formula is C13H16FNO2. The van der Waals surface area contributed by atoms with Crippen LogP contribution in [0, 0.1) is 5.82 Å². The maximum atomic E-state index is 12.8. The van der Waals surface area contributed by atoms with Gasteiger partial charge in [-0.25, -0.2) is 4.39 Å². The fourth-order valence-electron chi connectivity index (χ4n) is 1.14. The summed E-state index contributed by atoms with van der Waals surface area (Å²) in [6, 6.07) is 5.94. The highest BCUT2D eigenvalue weighted by atomic mass is 19.1. The van der Waals surface area contributed by atoms with Crippen LogP contribution in [0.4, 0.5) is 4.39 Å². The van der Waals surface area contributed by atoms with Gasteiger partial charge in [-0.2, -0.15) is 0 Å². The van der Waals surface area contributed by atoms with Crippen LogP contribution in [0.5, 0.6) is 0 Å². The number of carbonyl (C=O) groups excluding carboxylic acids is 1. The SMILES string of the molecule is CC(C)(O)CNC(=O)/C=C\c1cccc(F)c1. The maximum Gasteiger partial charge on any atom is 0.244 e. The molecule has 0 spiro atoms. The molecule has 0 aliphatic heterocycles. The summed E-state index contributed by atoms with van der Waals surface area (Å²) in [6.07, 6.45) is 2.82. The van der Waals surface area contributed by atoms with Gasteiger partial charge in [0.2, 0.25) is 5.91 Å². The van der Waals surface area contributed by atoms with Crippen LogP contribution in [0.25, 0.3) is 6.08 Å². The summed E-state index contributed by atoms with van der Waals surface area (Å²) in [5, 5.41) is 11.9. The van der Waals surface area contributed by atoms with Gasteiger partial charge in [-0.05, 0) is 37.6 Å². The van der Waals surface area contributed by atoms with Gasteiger partial charge in [0.15, 0.2) is 0 Å². The molecule has 0 saturated heterocycles. The van der Waals surface area contributed by atoms with Crippen LogP contribution in [0.2, 0.25) is 0 Å². The highest BCUT2D eigenvalue weighted by Gasteiger charge is 2.12. The number of amides is 1. The highest BCUT2D eigenvalue weighted by molar-refractivity contribution is 5.91. The van der Waals surface area contributed by atoms with Crippen molar-refractivity contribution in [3.8, 4) is 0 Å². The Morgan fingerprint density at radius 3 is 2.82 bits per heavy atom. The van der Waals surface area contributed by atoms with Gasteiger partial charge in [-0.1, -0.05) is 12.1 Å². The zero-order chi connectivity index (χ0) is 12.9. The van der Waals surface area contributed by atoms with Crippen molar-refractivity contribution in [1.29, 1.82) is 0 Å². The van der Waals surface area contributed by atoms with Crippen LogP contribution in [-0.4, -0.2) is 23.2 Å². The standard InChI is InChI=1S/C13H16FNO2/c1-13(2,17)9-15-12(16)7-6-10-4-3-5-11(14)8-10/h3-8,17H,9H2,1-2H3,(H,15,16)/b7-6-. The monoisotopic (exact) mass is 237 g/mol. The van der Waals surface area contributed by atoms with Crippen LogP contribution < -0.4 is 5.32 Å². The van der Waals surface area contributed by atoms with E-state index in [2.05, 4.69) is 5.32 Å². The Kier molecular flexibility index (Phi) is 4.40. The number of benzene rings is 1. The number of carbonyl (C=O) groups is 1. The molecule has 0 aliphatic rings. The number of halogens is 1. The molecule has 0 bridgehead atoms. The van der Waals surface area contributed by atoms with Crippen LogP contribution in [0.15, 0.2) is 30.3 Å². The molecule has 1 rings (SSSR count). The fourth-order valence-corrected chi connectivity index (χ4v) is 1.14. The molecule has 0 atom stereocenters. The minimum atomic E-state index is -0.942. The summed E-state index contributed by atoms with van der Waals surface area (Å²) in [7, 11) is 0. The largest absolute Gasteiger partial charge is 0.389 e. The quantitative estimate of drug-likeness (QED) is 0.783. The first kappa shape index (κ1) is 13.4. The Morgan fingerprint density at radius 2 is 2.24 bits per heavy atom. The predicted molar refractivity (Wildman–Crippen MR) is 64.7 cm³/mol. The Hall–Kier alpha value is -1.68. The van der Waals surface area contributed by atoms with Gasteiger partial charge in [-0.15, -0.1) is 0 Å². The Balaban J connectivity index is 2.51. The number of nitrogens with one attached hydrogen (secondary N) is 1. The third kappa shape index (κ3) is 5.82. The molecule has 1 aromatic rings. The third-order valence-electron chi connectivity index (χ3n) is 1.97. The van der Waals surface area contributed by atoms with Crippen molar-refractivity contribution in [3.05, 3.63) is 41.7 Å². The summed E-state index contributed by atoms with van der Waals surface area (Å²) in [6.45, 7) is 3.37. The minimum Gasteiger partial charge on any atom is -0.389 e. The van der Waals surface area contributed by atoms with E-state index >= 15 is 0 Å². The first-order valence-electron chi connectivity index (χ1n) is 5.31. The molecular weight excluding hydrogens is 221 g/mol. The lowest BCUT2D eigenvalue weighted by molar-refractivity contribution is -0.117. The molecule has 0 unspecified atom stereocenters. The summed E-state index contributed by atoms with van der Waals surface area (Å²) in [5.41, 5.74) is -0.328. The molecule has 2 N–H and O–H groups in total. The first-order valence-corrected chi connectivity index (χ1v) is 5.31. The molecule has 92 valence electrons. The lowest BCUT2D eigenvalue weighted by atomic mass is 10.1. The molecule has 1 amide bonds. The van der Waals surface area contributed by atoms with E-state index in [1.165, 1.54) is 24.3 Å². The van der Waals surface area contributed by atoms with Gasteiger partial charge in [0.1, 0.15) is 5.82 Å². The van der Waals surface area contributed by atoms with Crippen molar-refractivity contribution in [2.45, 2.75) is 19.4 Å². The molecule has 0 heterocycles. The van der Waals surface area contributed by atoms with Crippen molar-refractivity contribution in [2.75, 3.05) is 6.54 Å². The van der Waals surface area contributed by atoms with Gasteiger partial charge in [-0.3, -0.25) is 4.79 Å². The Bertz CT molecular complexity index is 422. The molecule has 4 heteroatoms. The van der Waals surface area contributed by atoms with Crippen LogP contribution in [0.1, 0.15) is 19.4 Å². The van der Waals surface area contributed by atoms with Gasteiger partial charge < -0.3 is 10.4 Å². The Morgan fingerprint density at radius 1 is 1.53 bits per heavy atom. The van der Waals surface area contributed by atoms with E-state index in [0.717, 1.165) is 0 Å². The van der Waals surface area contributed by atoms with E-state index in [1.807, 2.05) is 0 Å². The molecule has 0 fully saturated rings. The third-order valence-corrected chi connectivity index (χ3v) is 1.97. The van der Waals surface area contributed by atoms with Crippen LogP contribution >= 0.6 is 0 Å². The highest BCUT2D eigenvalue weighted by Crippen LogP contribution is 2.05. The number of aliphatic hydroxyl groups is 1. The van der Waals surface area contributed by atoms with Gasteiger partial charge in [0.25, 0.3) is 0 Å². The van der Waals surface area contributed by atoms with Gasteiger partial charge in [0.05, 0.1) is 5.60 Å². The van der Waals surface area contributed by atoms with Crippen LogP contribution in [-0.2, 0) is 4.79 Å². The number of rotatable bonds is 4. The summed E-state index contributed by atoms with van der Waals surface area (Å²) in [5.74, 6) is -0.666. The second-order valence-electron chi connectivity index (χ2n) is 4.42. The number of hydrogen-bond donors (Lipinski definition) is 2. The summed E-state index contributed by atoms with van der Waals surface area (Å²) >= 11 is 0. The smallest absolute Gasteiger partial charge is 0.244 e. The van der Waals surface area contributed by atoms with Crippen molar-refractivity contribution in [1.82, 2.24) is 5.32 Å². The molecule has 0 saturated carbocycles. The first-order chi connectivity index (χ1) is 7.87. The van der Waals surface area contributed by atoms with E-state index in [-0.39, 0.29) is 18.3 Å². The molecule has 0 radical (unpaired) electrons. The molecule has 1 aromatic carbocycles. The summed E-state index contributed by atoms with van der Waals surface area (Å²) in [4.78, 5) is 11.3. The molecule has 0 aromatic heterocycles. The lowest BCUT2D eigenvalue weighted by Gasteiger charge is -2.16. The normalized spacial score (nSPS) is 11.8. The Labute approximate surface area is 100.0 Å². The summed E-state index contributed by atoms with van der Waals surface area (Å²) < 4.78 is 12.8. The van der Waals surface area contributed by atoms with Gasteiger partial charge >= 0.3 is 0 Å². The maximum absolute atomic E-state index is 12.8. The zero-order valence-electron chi connectivity index (χ0n) is 9.90. The van der Waals surface area contributed by atoms with Crippen molar-refractivity contribution in [2.24, 2.45) is 0 Å². The molecule has 3 nitrogen and oxygen atoms in total. The topological polar surface area (TPSA) is 49.3 Å². The second kappa shape index (κ2) is 5.59. The minimum absolute atomic E-state index is 0.166. The van der Waals surface area contributed by atoms with Crippen molar-refractivity contribution < 1.29 is 14.3 Å². The average Bonchev–Trinajstić information content (AvgIpc) is 2.23. The second-order valence-corrected chi connectivity index (χ2v) is 4.42. The predicted octanol–water partition coefficient (Wildman–Crippen LogP) is 1.73. The number of hydrogen-bond acceptors (Lipinski definition) is 2. The average molecular weight is 237 g/mol. The van der Waals surface area contributed by atoms with E-state index in [9.17, 15) is 14.3 Å². The van der Waals surface area contributed by atoms with E-state index in [4.69, 9.17) is 0 Å².